The van der Waals surface area contributed by atoms with E-state index < -0.39 is 0 Å². The van der Waals surface area contributed by atoms with Gasteiger partial charge in [0, 0.05) is 39.8 Å². The molecule has 164 valence electrons. The zero-order chi connectivity index (χ0) is 21.2. The van der Waals surface area contributed by atoms with E-state index in [1.54, 1.807) is 33.2 Å². The molecule has 0 saturated heterocycles. The molecule has 2 aromatic rings. The van der Waals surface area contributed by atoms with Crippen molar-refractivity contribution in [2.75, 3.05) is 34.9 Å². The molecule has 0 unspecified atom stereocenters. The van der Waals surface area contributed by atoms with Gasteiger partial charge >= 0.3 is 0 Å². The third-order valence-electron chi connectivity index (χ3n) is 4.28. The topological polar surface area (TPSA) is 75.2 Å². The van der Waals surface area contributed by atoms with Gasteiger partial charge in [-0.1, -0.05) is 18.2 Å². The molecular formula is C22H31IN4O3. The molecule has 0 fully saturated rings. The first-order valence-electron chi connectivity index (χ1n) is 9.53. The second-order valence-corrected chi connectivity index (χ2v) is 6.59. The van der Waals surface area contributed by atoms with E-state index in [4.69, 9.17) is 9.47 Å². The Hall–Kier alpha value is -2.49. The maximum atomic E-state index is 12.0. The normalized spacial score (nSPS) is 10.6. The highest BCUT2D eigenvalue weighted by Gasteiger charge is 2.08. The first-order valence-corrected chi connectivity index (χ1v) is 9.53. The molecule has 0 bridgehead atoms. The predicted octanol–water partition coefficient (Wildman–Crippen LogP) is 3.28. The highest BCUT2D eigenvalue weighted by Crippen LogP contribution is 2.27. The molecule has 0 radical (unpaired) electrons. The van der Waals surface area contributed by atoms with E-state index in [2.05, 4.69) is 15.6 Å². The van der Waals surface area contributed by atoms with Crippen LogP contribution in [0.2, 0.25) is 0 Å². The van der Waals surface area contributed by atoms with Gasteiger partial charge in [0.2, 0.25) is 0 Å². The summed E-state index contributed by atoms with van der Waals surface area (Å²) < 4.78 is 10.9. The zero-order valence-electron chi connectivity index (χ0n) is 18.2. The summed E-state index contributed by atoms with van der Waals surface area (Å²) >= 11 is 0. The summed E-state index contributed by atoms with van der Waals surface area (Å²) in [5.41, 5.74) is 2.79. The summed E-state index contributed by atoms with van der Waals surface area (Å²) in [5, 5.41) is 6.57. The largest absolute Gasteiger partial charge is 0.493 e. The number of nitrogens with zero attached hydrogens (tertiary/aromatic N) is 2. The van der Waals surface area contributed by atoms with Crippen LogP contribution in [0.15, 0.2) is 47.5 Å². The van der Waals surface area contributed by atoms with E-state index in [1.807, 2.05) is 49.4 Å². The molecule has 8 heteroatoms. The van der Waals surface area contributed by atoms with E-state index >= 15 is 0 Å². The number of halogens is 1. The van der Waals surface area contributed by atoms with Crippen LogP contribution in [0.4, 0.5) is 0 Å². The lowest BCUT2D eigenvalue weighted by molar-refractivity contribution is 0.0827. The molecule has 2 aromatic carbocycles. The summed E-state index contributed by atoms with van der Waals surface area (Å²) in [6, 6.07) is 13.4. The van der Waals surface area contributed by atoms with Crippen LogP contribution in [0, 0.1) is 0 Å². The van der Waals surface area contributed by atoms with Crippen LogP contribution in [0.25, 0.3) is 0 Å². The standard InChI is InChI=1S/C22H30N4O3.HI/c1-6-29-20-13-17(9-12-19(20)28-5)15-25-22(23-2)24-14-16-7-10-18(11-8-16)21(27)26(3)4;/h7-13H,6,14-15H2,1-5H3,(H2,23,24,25);1H. The highest BCUT2D eigenvalue weighted by molar-refractivity contribution is 14.0. The minimum absolute atomic E-state index is 0. The molecule has 0 aliphatic carbocycles. The number of rotatable bonds is 8. The number of hydrogen-bond donors (Lipinski definition) is 2. The van der Waals surface area contributed by atoms with Gasteiger partial charge in [-0.3, -0.25) is 9.79 Å². The molecule has 30 heavy (non-hydrogen) atoms. The van der Waals surface area contributed by atoms with Crippen molar-refractivity contribution >= 4 is 35.8 Å². The quantitative estimate of drug-likeness (QED) is 0.314. The van der Waals surface area contributed by atoms with Gasteiger partial charge in [-0.15, -0.1) is 24.0 Å². The molecule has 7 nitrogen and oxygen atoms in total. The van der Waals surface area contributed by atoms with E-state index in [0.29, 0.717) is 37.0 Å². The summed E-state index contributed by atoms with van der Waals surface area (Å²) in [6.07, 6.45) is 0. The van der Waals surface area contributed by atoms with Gasteiger partial charge in [-0.05, 0) is 42.3 Å². The van der Waals surface area contributed by atoms with Crippen molar-refractivity contribution < 1.29 is 14.3 Å². The molecule has 0 spiro atoms. The Balaban J connectivity index is 0.00000450. The number of benzene rings is 2. The number of nitrogens with one attached hydrogen (secondary N) is 2. The number of guanidine groups is 1. The van der Waals surface area contributed by atoms with Crippen LogP contribution < -0.4 is 20.1 Å². The third kappa shape index (κ3) is 7.40. The molecule has 0 atom stereocenters. The number of ether oxygens (including phenoxy) is 2. The molecule has 0 heterocycles. The van der Waals surface area contributed by atoms with Crippen LogP contribution in [0.1, 0.15) is 28.4 Å². The summed E-state index contributed by atoms with van der Waals surface area (Å²) in [5.74, 6) is 2.12. The van der Waals surface area contributed by atoms with Crippen molar-refractivity contribution in [3.05, 3.63) is 59.2 Å². The average Bonchev–Trinajstić information content (AvgIpc) is 2.74. The number of carbonyl (C=O) groups is 1. The van der Waals surface area contributed by atoms with Gasteiger partial charge in [0.15, 0.2) is 17.5 Å². The minimum Gasteiger partial charge on any atom is -0.493 e. The summed E-state index contributed by atoms with van der Waals surface area (Å²) in [4.78, 5) is 17.8. The van der Waals surface area contributed by atoms with E-state index in [9.17, 15) is 4.79 Å². The Morgan fingerprint density at radius 1 is 1.00 bits per heavy atom. The molecule has 0 aliphatic heterocycles. The van der Waals surface area contributed by atoms with Gasteiger partial charge in [0.05, 0.1) is 13.7 Å². The smallest absolute Gasteiger partial charge is 0.253 e. The molecule has 1 amide bonds. The van der Waals surface area contributed by atoms with Crippen LogP contribution >= 0.6 is 24.0 Å². The maximum Gasteiger partial charge on any atom is 0.253 e. The Bertz CT molecular complexity index is 839. The number of aliphatic imine (C=N–C) groups is 1. The fraction of sp³-hybridized carbons (Fsp3) is 0.364. The Kier molecular flexibility index (Phi) is 11.0. The molecule has 0 aliphatic rings. The van der Waals surface area contributed by atoms with Gasteiger partial charge in [-0.25, -0.2) is 0 Å². The highest BCUT2D eigenvalue weighted by atomic mass is 127. The average molecular weight is 526 g/mol. The Morgan fingerprint density at radius 3 is 2.13 bits per heavy atom. The number of hydrogen-bond acceptors (Lipinski definition) is 4. The number of amides is 1. The molecule has 0 saturated carbocycles. The SMILES string of the molecule is CCOc1cc(CNC(=NC)NCc2ccc(C(=O)N(C)C)cc2)ccc1OC.I. The summed E-state index contributed by atoms with van der Waals surface area (Å²) in [6.45, 7) is 3.72. The molecule has 2 N–H and O–H groups in total. The monoisotopic (exact) mass is 526 g/mol. The Morgan fingerprint density at radius 2 is 1.60 bits per heavy atom. The van der Waals surface area contributed by atoms with E-state index in [1.165, 1.54) is 0 Å². The van der Waals surface area contributed by atoms with Crippen LogP contribution in [-0.4, -0.2) is 51.6 Å². The fourth-order valence-electron chi connectivity index (χ4n) is 2.71. The van der Waals surface area contributed by atoms with Gasteiger partial charge in [0.25, 0.3) is 5.91 Å². The Labute approximate surface area is 195 Å². The van der Waals surface area contributed by atoms with Crippen molar-refractivity contribution in [2.45, 2.75) is 20.0 Å². The lowest BCUT2D eigenvalue weighted by Crippen LogP contribution is -2.36. The van der Waals surface area contributed by atoms with E-state index in [-0.39, 0.29) is 29.9 Å². The lowest BCUT2D eigenvalue weighted by atomic mass is 10.1. The molecular weight excluding hydrogens is 495 g/mol. The third-order valence-corrected chi connectivity index (χ3v) is 4.28. The van der Waals surface area contributed by atoms with Crippen molar-refractivity contribution in [1.82, 2.24) is 15.5 Å². The van der Waals surface area contributed by atoms with Crippen molar-refractivity contribution in [1.29, 1.82) is 0 Å². The first kappa shape index (κ1) is 25.5. The number of carbonyl (C=O) groups excluding carboxylic acids is 1. The minimum atomic E-state index is -0.00657. The van der Waals surface area contributed by atoms with Crippen molar-refractivity contribution in [3.63, 3.8) is 0 Å². The molecule has 0 aromatic heterocycles. The van der Waals surface area contributed by atoms with Gasteiger partial charge in [0.1, 0.15) is 0 Å². The summed E-state index contributed by atoms with van der Waals surface area (Å²) in [7, 11) is 6.85. The zero-order valence-corrected chi connectivity index (χ0v) is 20.5. The van der Waals surface area contributed by atoms with Crippen LogP contribution in [0.5, 0.6) is 11.5 Å². The van der Waals surface area contributed by atoms with Crippen LogP contribution in [-0.2, 0) is 13.1 Å². The maximum absolute atomic E-state index is 12.0. The van der Waals surface area contributed by atoms with Crippen LogP contribution in [0.3, 0.4) is 0 Å². The van der Waals surface area contributed by atoms with Crippen molar-refractivity contribution in [2.24, 2.45) is 4.99 Å². The second-order valence-electron chi connectivity index (χ2n) is 6.59. The second kappa shape index (κ2) is 12.9. The number of methoxy groups -OCH3 is 1. The lowest BCUT2D eigenvalue weighted by Gasteiger charge is -2.14. The fourth-order valence-corrected chi connectivity index (χ4v) is 2.71. The first-order chi connectivity index (χ1) is 14.0. The van der Waals surface area contributed by atoms with Crippen molar-refractivity contribution in [3.8, 4) is 11.5 Å². The van der Waals surface area contributed by atoms with E-state index in [0.717, 1.165) is 16.9 Å². The van der Waals surface area contributed by atoms with Gasteiger partial charge in [-0.2, -0.15) is 0 Å². The van der Waals surface area contributed by atoms with Gasteiger partial charge < -0.3 is 25.0 Å². The predicted molar refractivity (Wildman–Crippen MR) is 131 cm³/mol. The molecule has 2 rings (SSSR count).